The molecule has 2 amide bonds. The summed E-state index contributed by atoms with van der Waals surface area (Å²) in [4.78, 5) is 34.4. The van der Waals surface area contributed by atoms with E-state index in [1.54, 1.807) is 17.0 Å². The fraction of sp³-hybridized carbons (Fsp3) is 0.240. The van der Waals surface area contributed by atoms with E-state index < -0.39 is 5.41 Å². The molecular weight excluding hydrogens is 410 g/mol. The van der Waals surface area contributed by atoms with Gasteiger partial charge in [0, 0.05) is 31.5 Å². The summed E-state index contributed by atoms with van der Waals surface area (Å²) in [7, 11) is 0. The number of carbonyl (C=O) groups is 2. The summed E-state index contributed by atoms with van der Waals surface area (Å²) in [6.07, 6.45) is 2.90. The Labute approximate surface area is 186 Å². The van der Waals surface area contributed by atoms with Gasteiger partial charge >= 0.3 is 0 Å². The molecular formula is C25H22ClN3O2. The summed E-state index contributed by atoms with van der Waals surface area (Å²) in [5.74, 6) is -0.0248. The van der Waals surface area contributed by atoms with Crippen LogP contribution in [0.1, 0.15) is 27.9 Å². The van der Waals surface area contributed by atoms with E-state index in [-0.39, 0.29) is 11.8 Å². The average Bonchev–Trinajstić information content (AvgIpc) is 3.35. The van der Waals surface area contributed by atoms with Crippen molar-refractivity contribution in [1.82, 2.24) is 9.88 Å². The number of fused-ring (bicyclic) bond motifs is 2. The maximum atomic E-state index is 13.7. The van der Waals surface area contributed by atoms with Gasteiger partial charge in [-0.15, -0.1) is 0 Å². The molecule has 1 saturated heterocycles. The third-order valence-corrected chi connectivity index (χ3v) is 6.59. The number of anilines is 1. The summed E-state index contributed by atoms with van der Waals surface area (Å²) in [6.45, 7) is 1.54. The fourth-order valence-corrected chi connectivity index (χ4v) is 4.88. The molecule has 2 aromatic carbocycles. The number of pyridine rings is 1. The third kappa shape index (κ3) is 3.39. The Kier molecular flexibility index (Phi) is 4.98. The fourth-order valence-electron chi connectivity index (χ4n) is 4.77. The first-order valence-corrected chi connectivity index (χ1v) is 10.8. The van der Waals surface area contributed by atoms with E-state index in [0.717, 1.165) is 17.7 Å². The standard InChI is InChI=1S/C25H22ClN3O2/c26-22-11-10-19(16-27-22)23(30)28-15-13-25(17-28)20-8-4-5-9-21(20)29(24(25)31)14-12-18-6-2-1-3-7-18/h1-11,16H,12-15,17H2. The van der Waals surface area contributed by atoms with Gasteiger partial charge in [0.2, 0.25) is 5.91 Å². The Morgan fingerprint density at radius 1 is 1.03 bits per heavy atom. The van der Waals surface area contributed by atoms with E-state index in [4.69, 9.17) is 11.6 Å². The van der Waals surface area contributed by atoms with Crippen LogP contribution in [0, 0.1) is 0 Å². The largest absolute Gasteiger partial charge is 0.337 e. The minimum atomic E-state index is -0.678. The van der Waals surface area contributed by atoms with Crippen LogP contribution >= 0.6 is 11.6 Å². The molecule has 0 radical (unpaired) electrons. The maximum Gasteiger partial charge on any atom is 0.255 e. The quantitative estimate of drug-likeness (QED) is 0.584. The molecule has 2 aliphatic heterocycles. The minimum Gasteiger partial charge on any atom is -0.337 e. The van der Waals surface area contributed by atoms with Gasteiger partial charge in [-0.25, -0.2) is 4.98 Å². The topological polar surface area (TPSA) is 53.5 Å². The average molecular weight is 432 g/mol. The summed E-state index contributed by atoms with van der Waals surface area (Å²) < 4.78 is 0. The van der Waals surface area contributed by atoms with Gasteiger partial charge in [0.15, 0.2) is 0 Å². The highest BCUT2D eigenvalue weighted by Crippen LogP contribution is 2.47. The number of benzene rings is 2. The predicted molar refractivity (Wildman–Crippen MR) is 120 cm³/mol. The number of para-hydroxylation sites is 1. The van der Waals surface area contributed by atoms with Crippen LogP contribution in [-0.4, -0.2) is 41.3 Å². The van der Waals surface area contributed by atoms with Gasteiger partial charge in [-0.1, -0.05) is 60.1 Å². The number of rotatable bonds is 4. The molecule has 5 rings (SSSR count). The Hall–Kier alpha value is -3.18. The zero-order valence-electron chi connectivity index (χ0n) is 17.0. The van der Waals surface area contributed by atoms with Crippen LogP contribution in [-0.2, 0) is 16.6 Å². The summed E-state index contributed by atoms with van der Waals surface area (Å²) >= 11 is 5.85. The van der Waals surface area contributed by atoms with Crippen LogP contribution in [0.3, 0.4) is 0 Å². The number of carbonyl (C=O) groups excluding carboxylic acids is 2. The first-order valence-electron chi connectivity index (χ1n) is 10.4. The highest BCUT2D eigenvalue weighted by Gasteiger charge is 2.54. The van der Waals surface area contributed by atoms with Crippen molar-refractivity contribution in [3.05, 3.63) is 94.8 Å². The molecule has 0 bridgehead atoms. The minimum absolute atomic E-state index is 0.0918. The highest BCUT2D eigenvalue weighted by atomic mass is 35.5. The normalized spacial score (nSPS) is 19.8. The molecule has 6 heteroatoms. The van der Waals surface area contributed by atoms with Crippen molar-refractivity contribution < 1.29 is 9.59 Å². The summed E-state index contributed by atoms with van der Waals surface area (Å²) in [5, 5.41) is 0.350. The second-order valence-corrected chi connectivity index (χ2v) is 8.53. The van der Waals surface area contributed by atoms with Crippen LogP contribution < -0.4 is 4.90 Å². The lowest BCUT2D eigenvalue weighted by Crippen LogP contribution is -2.43. The number of halogens is 1. The smallest absolute Gasteiger partial charge is 0.255 e. The second-order valence-electron chi connectivity index (χ2n) is 8.14. The Morgan fingerprint density at radius 3 is 2.58 bits per heavy atom. The van der Waals surface area contributed by atoms with Gasteiger partial charge in [0.25, 0.3) is 5.91 Å². The molecule has 0 N–H and O–H groups in total. The van der Waals surface area contributed by atoms with E-state index in [1.807, 2.05) is 47.4 Å². The molecule has 3 aromatic rings. The number of nitrogens with zero attached hydrogens (tertiary/aromatic N) is 3. The molecule has 31 heavy (non-hydrogen) atoms. The van der Waals surface area contributed by atoms with Crippen molar-refractivity contribution in [3.63, 3.8) is 0 Å². The van der Waals surface area contributed by atoms with Crippen molar-refractivity contribution in [2.45, 2.75) is 18.3 Å². The van der Waals surface area contributed by atoms with E-state index in [1.165, 1.54) is 11.8 Å². The first-order chi connectivity index (χ1) is 15.1. The Morgan fingerprint density at radius 2 is 1.81 bits per heavy atom. The monoisotopic (exact) mass is 431 g/mol. The van der Waals surface area contributed by atoms with E-state index in [9.17, 15) is 9.59 Å². The number of amides is 2. The van der Waals surface area contributed by atoms with Crippen molar-refractivity contribution in [2.24, 2.45) is 0 Å². The van der Waals surface area contributed by atoms with Crippen LogP contribution in [0.5, 0.6) is 0 Å². The number of likely N-dealkylation sites (tertiary alicyclic amines) is 1. The SMILES string of the molecule is O=C(c1ccc(Cl)nc1)N1CCC2(C1)C(=O)N(CCc1ccccc1)c1ccccc12. The van der Waals surface area contributed by atoms with Gasteiger partial charge in [0.05, 0.1) is 11.0 Å². The highest BCUT2D eigenvalue weighted by molar-refractivity contribution is 6.29. The van der Waals surface area contributed by atoms with Crippen molar-refractivity contribution >= 4 is 29.1 Å². The molecule has 2 aliphatic rings. The molecule has 1 spiro atoms. The predicted octanol–water partition coefficient (Wildman–Crippen LogP) is 4.11. The lowest BCUT2D eigenvalue weighted by molar-refractivity contribution is -0.122. The molecule has 1 unspecified atom stereocenters. The van der Waals surface area contributed by atoms with E-state index in [2.05, 4.69) is 17.1 Å². The summed E-state index contributed by atoms with van der Waals surface area (Å²) in [6, 6.07) is 21.5. The van der Waals surface area contributed by atoms with Gasteiger partial charge in [-0.2, -0.15) is 0 Å². The zero-order valence-corrected chi connectivity index (χ0v) is 17.8. The van der Waals surface area contributed by atoms with Crippen LogP contribution in [0.2, 0.25) is 5.15 Å². The maximum absolute atomic E-state index is 13.7. The van der Waals surface area contributed by atoms with Crippen LogP contribution in [0.25, 0.3) is 0 Å². The number of hydrogen-bond donors (Lipinski definition) is 0. The lowest BCUT2D eigenvalue weighted by Gasteiger charge is -2.24. The number of aromatic nitrogens is 1. The first kappa shape index (κ1) is 19.8. The zero-order chi connectivity index (χ0) is 21.4. The third-order valence-electron chi connectivity index (χ3n) is 6.36. The lowest BCUT2D eigenvalue weighted by atomic mass is 9.81. The van der Waals surface area contributed by atoms with Crippen molar-refractivity contribution in [2.75, 3.05) is 24.5 Å². The van der Waals surface area contributed by atoms with Crippen LogP contribution in [0.15, 0.2) is 72.9 Å². The van der Waals surface area contributed by atoms with Crippen molar-refractivity contribution in [1.29, 1.82) is 0 Å². The molecule has 5 nitrogen and oxygen atoms in total. The van der Waals surface area contributed by atoms with Gasteiger partial charge in [0.1, 0.15) is 5.15 Å². The van der Waals surface area contributed by atoms with E-state index in [0.29, 0.717) is 36.8 Å². The van der Waals surface area contributed by atoms with Crippen molar-refractivity contribution in [3.8, 4) is 0 Å². The van der Waals surface area contributed by atoms with Gasteiger partial charge in [-0.3, -0.25) is 9.59 Å². The van der Waals surface area contributed by atoms with E-state index >= 15 is 0 Å². The van der Waals surface area contributed by atoms with Gasteiger partial charge in [-0.05, 0) is 42.2 Å². The molecule has 1 aromatic heterocycles. The molecule has 0 saturated carbocycles. The molecule has 156 valence electrons. The van der Waals surface area contributed by atoms with Gasteiger partial charge < -0.3 is 9.80 Å². The summed E-state index contributed by atoms with van der Waals surface area (Å²) in [5.41, 5.74) is 3.00. The molecule has 0 aliphatic carbocycles. The Balaban J connectivity index is 1.41. The second kappa shape index (κ2) is 7.82. The molecule has 3 heterocycles. The molecule has 1 atom stereocenters. The van der Waals surface area contributed by atoms with Crippen LogP contribution in [0.4, 0.5) is 5.69 Å². The molecule has 1 fully saturated rings. The Bertz CT molecular complexity index is 1130. The number of hydrogen-bond acceptors (Lipinski definition) is 3.